The largest absolute Gasteiger partial charge is 0.542 e. The molecule has 1 saturated heterocycles. The molecule has 3 heterocycles. The number of hydrogen-bond donors (Lipinski definition) is 4. The van der Waals surface area contributed by atoms with Gasteiger partial charge < -0.3 is 49.6 Å². The van der Waals surface area contributed by atoms with Gasteiger partial charge in [0.2, 0.25) is 5.82 Å². The Hall–Kier alpha value is -4.31. The van der Waals surface area contributed by atoms with E-state index in [9.17, 15) is 108 Å². The summed E-state index contributed by atoms with van der Waals surface area (Å²) in [6, 6.07) is 14.2. The van der Waals surface area contributed by atoms with Crippen LogP contribution in [0, 0.1) is 87.3 Å². The topological polar surface area (TPSA) is 218 Å². The number of aliphatic hydroxyl groups is 3. The van der Waals surface area contributed by atoms with E-state index >= 15 is 0 Å². The van der Waals surface area contributed by atoms with E-state index in [0.717, 1.165) is 22.3 Å². The van der Waals surface area contributed by atoms with Crippen LogP contribution in [-0.2, 0) is 218 Å². The second-order valence-corrected chi connectivity index (χ2v) is 21.1. The van der Waals surface area contributed by atoms with Crippen LogP contribution >= 0.6 is 0 Å². The third-order valence-corrected chi connectivity index (χ3v) is 13.5. The smallest absolute Gasteiger partial charge is 0.451 e. The molecule has 0 bridgehead atoms. The molecular formula is C64H56F18N6O9Y4-4. The molecule has 0 saturated carbocycles. The van der Waals surface area contributed by atoms with Gasteiger partial charge in [-0.1, -0.05) is 36.8 Å². The van der Waals surface area contributed by atoms with Gasteiger partial charge in [0, 0.05) is 205 Å². The summed E-state index contributed by atoms with van der Waals surface area (Å²) in [6.45, 7) is 1.58. The van der Waals surface area contributed by atoms with Gasteiger partial charge in [0.25, 0.3) is 0 Å². The first-order chi connectivity index (χ1) is 45.7. The van der Waals surface area contributed by atoms with Crippen molar-refractivity contribution in [1.82, 2.24) is 24.7 Å². The summed E-state index contributed by atoms with van der Waals surface area (Å²) in [4.78, 5) is 58.0. The predicted octanol–water partition coefficient (Wildman–Crippen LogP) is 10.1. The number of carbonyl (C=O) groups excluding carboxylic acids is 5. The van der Waals surface area contributed by atoms with Crippen molar-refractivity contribution in [3.8, 4) is 0 Å². The van der Waals surface area contributed by atoms with E-state index in [2.05, 4.69) is 10.2 Å². The van der Waals surface area contributed by atoms with Gasteiger partial charge in [-0.3, -0.25) is 34.9 Å². The fourth-order valence-corrected chi connectivity index (χ4v) is 8.63. The van der Waals surface area contributed by atoms with Crippen LogP contribution in [0.25, 0.3) is 0 Å². The van der Waals surface area contributed by atoms with E-state index in [-0.39, 0.29) is 216 Å². The van der Waals surface area contributed by atoms with Crippen molar-refractivity contribution >= 4 is 30.9 Å². The number of hydrogen-bond acceptors (Lipinski definition) is 14. The van der Waals surface area contributed by atoms with Crippen LogP contribution in [0.5, 0.6) is 0 Å². The zero-order valence-electron chi connectivity index (χ0n) is 52.7. The summed E-state index contributed by atoms with van der Waals surface area (Å²) in [5.74, 6) is -17.8. The average Bonchev–Trinajstić information content (AvgIpc) is 1.78. The van der Waals surface area contributed by atoms with Gasteiger partial charge in [-0.2, -0.15) is 18.2 Å². The van der Waals surface area contributed by atoms with E-state index in [1.165, 1.54) is 23.9 Å². The standard InChI is InChI=1S/C17H16F3NO2.C10H9F3NO.2C10H8F3O2.C10H6F3O2.C7H9F3N4.4Y/c18-14-9-16(20)15(19)7-12(14)6-13-8-17(22)21(13)23-10-11-4-2-1-3-5-11;11-8-5-10(13)9(12)4-6(8)3-7(14)1-2-15;3*11-8-5-10(13)9(12)4-6(8)3-7(15)1-2-14;1-13-2-3-14-5(4-13)11-12-6(14)7(8,9)10;;;;/h1-5,7,9,13,17,22H,6,8,10H2;4-5,7H,1,3,14H2;2*4-5,7,15H,1,3H2;4-5H,1,3H2;2-4H2,1H3;;;;/q;4*-1;;;;;/t13-,17+;3*7-;;;;;;/m1010....../s1. The van der Waals surface area contributed by atoms with Gasteiger partial charge in [0.1, 0.15) is 46.9 Å². The molecule has 538 valence electrons. The summed E-state index contributed by atoms with van der Waals surface area (Å²) in [7, 11) is 1.84. The Kier molecular flexibility index (Phi) is 45.9. The molecule has 2 aliphatic rings. The molecule has 4 radical (unpaired) electrons. The van der Waals surface area contributed by atoms with E-state index in [1.807, 2.05) is 42.3 Å². The molecule has 5 N–H and O–H groups in total. The molecule has 1 aromatic heterocycles. The van der Waals surface area contributed by atoms with Gasteiger partial charge in [-0.25, -0.2) is 65.9 Å². The molecule has 6 aromatic carbocycles. The normalized spacial score (nSPS) is 14.4. The number of halogens is 18. The monoisotopic (exact) mass is 1750 g/mol. The molecule has 15 nitrogen and oxygen atoms in total. The number of rotatable bonds is 21. The predicted molar refractivity (Wildman–Crippen MR) is 305 cm³/mol. The van der Waals surface area contributed by atoms with Crippen LogP contribution in [-0.4, -0.2) is 115 Å². The summed E-state index contributed by atoms with van der Waals surface area (Å²) < 4.78 is 231. The van der Waals surface area contributed by atoms with Gasteiger partial charge in [0.15, 0.2) is 58.2 Å². The molecule has 1 fully saturated rings. The first kappa shape index (κ1) is 96.7. The van der Waals surface area contributed by atoms with E-state index in [0.29, 0.717) is 80.4 Å². The molecule has 37 heteroatoms. The zero-order chi connectivity index (χ0) is 72.4. The van der Waals surface area contributed by atoms with Crippen molar-refractivity contribution < 1.29 is 254 Å². The maximum absolute atomic E-state index is 13.7. The molecule has 2 aliphatic heterocycles. The number of carbonyl (C=O) groups is 1. The number of ketones is 1. The van der Waals surface area contributed by atoms with Crippen LogP contribution in [0.2, 0.25) is 0 Å². The number of benzene rings is 6. The second kappa shape index (κ2) is 48.0. The molecule has 0 aliphatic carbocycles. The molecule has 9 rings (SSSR count). The second-order valence-electron chi connectivity index (χ2n) is 21.1. The average molecular weight is 1750 g/mol. The molecular weight excluding hydrogens is 1690 g/mol. The molecule has 0 spiro atoms. The van der Waals surface area contributed by atoms with Crippen LogP contribution in [0.15, 0.2) is 91.0 Å². The first-order valence-corrected chi connectivity index (χ1v) is 28.2. The van der Waals surface area contributed by atoms with Crippen LogP contribution in [0.4, 0.5) is 79.0 Å². The fraction of sp³-hybridized carbons (Fsp3) is 0.328. The maximum atomic E-state index is 13.7. The van der Waals surface area contributed by atoms with E-state index in [4.69, 9.17) is 20.8 Å². The molecule has 101 heavy (non-hydrogen) atoms. The van der Waals surface area contributed by atoms with E-state index in [1.54, 1.807) is 6.29 Å². The fourth-order valence-electron chi connectivity index (χ4n) is 8.63. The number of likely N-dealkylation sites (N-methyl/N-ethyl adjacent to an activating group) is 1. The van der Waals surface area contributed by atoms with E-state index < -0.39 is 142 Å². The summed E-state index contributed by atoms with van der Waals surface area (Å²) in [6.07, 6.45) is -3.27. The van der Waals surface area contributed by atoms with Crippen LogP contribution in [0.3, 0.4) is 0 Å². The summed E-state index contributed by atoms with van der Waals surface area (Å²) >= 11 is 0. The number of nitrogens with zero attached hydrogens (tertiary/aromatic N) is 5. The number of hydroxylamine groups is 2. The number of aliphatic hydroxyl groups excluding tert-OH is 3. The summed E-state index contributed by atoms with van der Waals surface area (Å²) in [5.41, 5.74) is 5.77. The maximum Gasteiger partial charge on any atom is 0.451 e. The van der Waals surface area contributed by atoms with Crippen molar-refractivity contribution in [1.29, 1.82) is 0 Å². The Bertz CT molecular complexity index is 3620. The summed E-state index contributed by atoms with van der Waals surface area (Å²) in [5, 5.41) is 36.1. The quantitative estimate of drug-likeness (QED) is 0.0228. The van der Waals surface area contributed by atoms with Crippen molar-refractivity contribution in [2.45, 2.75) is 121 Å². The third-order valence-electron chi connectivity index (χ3n) is 13.5. The third kappa shape index (κ3) is 32.5. The minimum atomic E-state index is -4.40. The number of fused-ring (bicyclic) bond motifs is 1. The Morgan fingerprint density at radius 1 is 0.545 bits per heavy atom. The number of alkyl halides is 3. The minimum Gasteiger partial charge on any atom is -0.542 e. The molecule has 5 atom stereocenters. The Balaban J connectivity index is 0.00000119. The first-order valence-electron chi connectivity index (χ1n) is 28.2. The molecule has 7 aromatic rings. The molecule has 0 amide bonds. The SMILES string of the molecule is CN1CCn2c(nnc2C(F)(F)F)C1.N[C@@H](C[C-]=O)Cc1cc(F)c(F)cc1F.O=[C-]CC(=O)Cc1cc(F)c(F)cc1F.O=[C-]C[C@@H](O)Cc1cc(F)c(F)cc1F.O=[C-]C[C@H](O)Cc1cc(F)c(F)cc1F.O[C@H]1C[C@@H](Cc2cc(F)c(F)cc2F)N1OCc1ccccc1.[Y].[Y].[Y].[Y]. The Labute approximate surface area is 666 Å². The number of aromatic nitrogens is 3. The Morgan fingerprint density at radius 3 is 1.34 bits per heavy atom. The van der Waals surface area contributed by atoms with Crippen molar-refractivity contribution in [3.63, 3.8) is 0 Å². The molecule has 0 unspecified atom stereocenters. The number of Topliss-reactive ketones (excluding diaryl/α,β-unsaturated/α-hetero) is 1. The number of nitrogens with two attached hydrogens (primary N) is 1. The van der Waals surface area contributed by atoms with Crippen molar-refractivity contribution in [2.75, 3.05) is 13.6 Å². The Morgan fingerprint density at radius 2 is 0.931 bits per heavy atom. The van der Waals surface area contributed by atoms with Crippen molar-refractivity contribution in [3.05, 3.63) is 223 Å². The van der Waals surface area contributed by atoms with Gasteiger partial charge in [-0.05, 0) is 102 Å². The van der Waals surface area contributed by atoms with Crippen LogP contribution < -0.4 is 5.73 Å². The van der Waals surface area contributed by atoms with Gasteiger partial charge >= 0.3 is 6.18 Å². The van der Waals surface area contributed by atoms with Gasteiger partial charge in [0.05, 0.1) is 13.2 Å². The van der Waals surface area contributed by atoms with Crippen LogP contribution in [0.1, 0.15) is 77.1 Å². The minimum absolute atomic E-state index is 0. The zero-order valence-corrected chi connectivity index (χ0v) is 64.0. The van der Waals surface area contributed by atoms with Crippen molar-refractivity contribution in [2.24, 2.45) is 5.73 Å². The van der Waals surface area contributed by atoms with Gasteiger partial charge in [-0.15, -0.1) is 29.5 Å².